The van der Waals surface area contributed by atoms with E-state index in [0.29, 0.717) is 6.10 Å². The highest BCUT2D eigenvalue weighted by atomic mass is 16.5. The van der Waals surface area contributed by atoms with E-state index in [1.165, 1.54) is 12.0 Å². The predicted molar refractivity (Wildman–Crippen MR) is 66.9 cm³/mol. The summed E-state index contributed by atoms with van der Waals surface area (Å²) in [6, 6.07) is 0. The van der Waals surface area contributed by atoms with Gasteiger partial charge in [-0.05, 0) is 33.7 Å². The first-order valence-electron chi connectivity index (χ1n) is 6.30. The van der Waals surface area contributed by atoms with E-state index in [4.69, 9.17) is 4.74 Å². The van der Waals surface area contributed by atoms with Crippen molar-refractivity contribution in [3.63, 3.8) is 0 Å². The fourth-order valence-electron chi connectivity index (χ4n) is 2.34. The Kier molecular flexibility index (Phi) is 4.07. The van der Waals surface area contributed by atoms with E-state index in [1.54, 1.807) is 0 Å². The number of hydrogen-bond donors (Lipinski definition) is 1. The summed E-state index contributed by atoms with van der Waals surface area (Å²) in [4.78, 5) is 9.17. The minimum absolute atomic E-state index is 0.323. The fraction of sp³-hybridized carbons (Fsp3) is 0.692. The van der Waals surface area contributed by atoms with Crippen LogP contribution in [-0.2, 0) is 17.7 Å². The number of ether oxygens (including phenoxy) is 1. The Labute approximate surface area is 103 Å². The smallest absolute Gasteiger partial charge is 0.131 e. The molecule has 2 heterocycles. The Morgan fingerprint density at radius 2 is 2.00 bits per heavy atom. The van der Waals surface area contributed by atoms with E-state index in [9.17, 15) is 0 Å². The summed E-state index contributed by atoms with van der Waals surface area (Å²) in [6.45, 7) is 5.83. The largest absolute Gasteiger partial charge is 0.378 e. The number of nitrogens with one attached hydrogen (secondary N) is 1. The highest BCUT2D eigenvalue weighted by molar-refractivity contribution is 5.24. The summed E-state index contributed by atoms with van der Waals surface area (Å²) in [5.74, 6) is 0.923. The molecule has 0 saturated carbocycles. The van der Waals surface area contributed by atoms with E-state index < -0.39 is 0 Å². The Bertz CT molecular complexity index is 363. The van der Waals surface area contributed by atoms with Gasteiger partial charge in [0.2, 0.25) is 0 Å². The van der Waals surface area contributed by atoms with Gasteiger partial charge in [-0.1, -0.05) is 0 Å². The minimum atomic E-state index is 0.323. The zero-order valence-corrected chi connectivity index (χ0v) is 10.9. The van der Waals surface area contributed by atoms with Crippen molar-refractivity contribution >= 4 is 0 Å². The molecule has 1 saturated heterocycles. The van der Waals surface area contributed by atoms with Gasteiger partial charge in [-0.15, -0.1) is 0 Å². The molecule has 1 fully saturated rings. The molecule has 1 N–H and O–H groups in total. The number of aromatic nitrogens is 2. The Morgan fingerprint density at radius 3 is 2.53 bits per heavy atom. The zero-order valence-electron chi connectivity index (χ0n) is 10.9. The lowest BCUT2D eigenvalue weighted by Crippen LogP contribution is -2.16. The highest BCUT2D eigenvalue weighted by Crippen LogP contribution is 2.17. The van der Waals surface area contributed by atoms with Crippen LogP contribution in [0.15, 0.2) is 0 Å². The lowest BCUT2D eigenvalue weighted by atomic mass is 10.1. The van der Waals surface area contributed by atoms with Crippen LogP contribution in [0.25, 0.3) is 0 Å². The molecule has 1 unspecified atom stereocenters. The van der Waals surface area contributed by atoms with Crippen molar-refractivity contribution < 1.29 is 4.74 Å². The van der Waals surface area contributed by atoms with Gasteiger partial charge in [0.15, 0.2) is 0 Å². The Morgan fingerprint density at radius 1 is 1.29 bits per heavy atom. The lowest BCUT2D eigenvalue weighted by Gasteiger charge is -2.12. The van der Waals surface area contributed by atoms with Crippen molar-refractivity contribution in [2.45, 2.75) is 45.8 Å². The predicted octanol–water partition coefficient (Wildman–Crippen LogP) is 1.53. The van der Waals surface area contributed by atoms with Crippen LogP contribution in [-0.4, -0.2) is 29.7 Å². The van der Waals surface area contributed by atoms with E-state index in [0.717, 1.165) is 43.2 Å². The van der Waals surface area contributed by atoms with Crippen molar-refractivity contribution in [1.29, 1.82) is 0 Å². The third kappa shape index (κ3) is 3.01. The van der Waals surface area contributed by atoms with Gasteiger partial charge in [0, 0.05) is 36.5 Å². The molecule has 1 aliphatic rings. The van der Waals surface area contributed by atoms with Crippen LogP contribution in [0, 0.1) is 13.8 Å². The molecule has 94 valence electrons. The molecule has 1 aliphatic heterocycles. The van der Waals surface area contributed by atoms with E-state index in [1.807, 2.05) is 7.05 Å². The lowest BCUT2D eigenvalue weighted by molar-refractivity contribution is 0.110. The number of nitrogens with zero attached hydrogens (tertiary/aromatic N) is 2. The Hall–Kier alpha value is -1.00. The molecule has 0 aromatic carbocycles. The summed E-state index contributed by atoms with van der Waals surface area (Å²) in [5, 5.41) is 3.15. The molecule has 4 heteroatoms. The average molecular weight is 235 g/mol. The van der Waals surface area contributed by atoms with Crippen LogP contribution < -0.4 is 5.32 Å². The fourth-order valence-corrected chi connectivity index (χ4v) is 2.34. The van der Waals surface area contributed by atoms with Crippen molar-refractivity contribution in [3.8, 4) is 0 Å². The zero-order chi connectivity index (χ0) is 12.3. The molecule has 0 aliphatic carbocycles. The molecule has 2 rings (SSSR count). The summed E-state index contributed by atoms with van der Waals surface area (Å²) in [5.41, 5.74) is 3.38. The average Bonchev–Trinajstić information content (AvgIpc) is 2.76. The molecule has 1 aromatic rings. The van der Waals surface area contributed by atoms with Gasteiger partial charge in [-0.3, -0.25) is 0 Å². The topological polar surface area (TPSA) is 47.0 Å². The number of hydrogen-bond acceptors (Lipinski definition) is 4. The normalized spacial score (nSPS) is 19.8. The first-order chi connectivity index (χ1) is 8.20. The summed E-state index contributed by atoms with van der Waals surface area (Å²) in [6.07, 6.45) is 3.48. The maximum absolute atomic E-state index is 5.62. The molecule has 1 atom stereocenters. The van der Waals surface area contributed by atoms with Gasteiger partial charge in [0.05, 0.1) is 6.10 Å². The first kappa shape index (κ1) is 12.5. The van der Waals surface area contributed by atoms with Crippen LogP contribution in [0.1, 0.15) is 35.6 Å². The third-order valence-electron chi connectivity index (χ3n) is 3.25. The molecule has 0 bridgehead atoms. The van der Waals surface area contributed by atoms with Crippen LogP contribution in [0.2, 0.25) is 0 Å². The van der Waals surface area contributed by atoms with Gasteiger partial charge < -0.3 is 10.1 Å². The molecule has 1 aromatic heterocycles. The summed E-state index contributed by atoms with van der Waals surface area (Å²) in [7, 11) is 1.94. The molecule has 4 nitrogen and oxygen atoms in total. The molecule has 17 heavy (non-hydrogen) atoms. The van der Waals surface area contributed by atoms with E-state index >= 15 is 0 Å². The second kappa shape index (κ2) is 5.56. The van der Waals surface area contributed by atoms with Crippen molar-refractivity contribution in [3.05, 3.63) is 22.8 Å². The summed E-state index contributed by atoms with van der Waals surface area (Å²) < 4.78 is 5.62. The van der Waals surface area contributed by atoms with Crippen LogP contribution in [0.3, 0.4) is 0 Å². The van der Waals surface area contributed by atoms with Crippen molar-refractivity contribution in [2.75, 3.05) is 13.7 Å². The van der Waals surface area contributed by atoms with Crippen LogP contribution in [0.4, 0.5) is 0 Å². The maximum Gasteiger partial charge on any atom is 0.131 e. The molecule has 0 radical (unpaired) electrons. The third-order valence-corrected chi connectivity index (χ3v) is 3.25. The van der Waals surface area contributed by atoms with Crippen molar-refractivity contribution in [2.24, 2.45) is 0 Å². The number of aryl methyl sites for hydroxylation is 2. The maximum atomic E-state index is 5.62. The SMILES string of the molecule is CNCc1c(C)nc(CC2CCCO2)nc1C. The highest BCUT2D eigenvalue weighted by Gasteiger charge is 2.18. The summed E-state index contributed by atoms with van der Waals surface area (Å²) >= 11 is 0. The molecule has 0 spiro atoms. The second-order valence-electron chi connectivity index (χ2n) is 4.66. The Balaban J connectivity index is 2.13. The van der Waals surface area contributed by atoms with Gasteiger partial charge in [-0.25, -0.2) is 9.97 Å². The minimum Gasteiger partial charge on any atom is -0.378 e. The number of rotatable bonds is 4. The van der Waals surface area contributed by atoms with Crippen molar-refractivity contribution in [1.82, 2.24) is 15.3 Å². The van der Waals surface area contributed by atoms with Gasteiger partial charge in [0.25, 0.3) is 0 Å². The quantitative estimate of drug-likeness (QED) is 0.860. The molecule has 0 amide bonds. The molecular weight excluding hydrogens is 214 g/mol. The van der Waals surface area contributed by atoms with E-state index in [-0.39, 0.29) is 0 Å². The molecular formula is C13H21N3O. The van der Waals surface area contributed by atoms with Gasteiger partial charge >= 0.3 is 0 Å². The van der Waals surface area contributed by atoms with Crippen LogP contribution >= 0.6 is 0 Å². The standard InChI is InChI=1S/C13H21N3O/c1-9-12(8-14-3)10(2)16-13(15-9)7-11-5-4-6-17-11/h11,14H,4-8H2,1-3H3. The van der Waals surface area contributed by atoms with E-state index in [2.05, 4.69) is 29.1 Å². The van der Waals surface area contributed by atoms with Gasteiger partial charge in [0.1, 0.15) is 5.82 Å². The van der Waals surface area contributed by atoms with Crippen LogP contribution in [0.5, 0.6) is 0 Å². The first-order valence-corrected chi connectivity index (χ1v) is 6.30. The van der Waals surface area contributed by atoms with Gasteiger partial charge in [-0.2, -0.15) is 0 Å². The second-order valence-corrected chi connectivity index (χ2v) is 4.66. The monoisotopic (exact) mass is 235 g/mol.